The fourth-order valence-electron chi connectivity index (χ4n) is 3.91. The molecule has 0 saturated heterocycles. The highest BCUT2D eigenvalue weighted by Gasteiger charge is 2.26. The van der Waals surface area contributed by atoms with Crippen LogP contribution in [-0.2, 0) is 9.53 Å². The molecule has 0 aliphatic carbocycles. The molecule has 0 radical (unpaired) electrons. The number of aliphatic imine (C=N–C) groups is 1. The van der Waals surface area contributed by atoms with E-state index in [1.165, 1.54) is 39.5 Å². The van der Waals surface area contributed by atoms with Gasteiger partial charge in [0.05, 0.1) is 40.1 Å². The third-order valence-corrected chi connectivity index (χ3v) is 5.73. The Morgan fingerprint density at radius 2 is 1.50 bits per heavy atom. The fraction of sp³-hybridized carbons (Fsp3) is 0.233. The summed E-state index contributed by atoms with van der Waals surface area (Å²) in [5.41, 5.74) is 1.21. The van der Waals surface area contributed by atoms with Crippen LogP contribution in [0.2, 0.25) is 0 Å². The normalized spacial score (nSPS) is 13.4. The largest absolute Gasteiger partial charge is 0.493 e. The second kappa shape index (κ2) is 12.7. The van der Waals surface area contributed by atoms with E-state index in [-0.39, 0.29) is 22.9 Å². The zero-order chi connectivity index (χ0) is 28.6. The number of esters is 2. The summed E-state index contributed by atoms with van der Waals surface area (Å²) in [7, 11) is 4.38. The van der Waals surface area contributed by atoms with Gasteiger partial charge in [-0.2, -0.15) is 0 Å². The van der Waals surface area contributed by atoms with E-state index in [2.05, 4.69) is 4.99 Å². The average molecular weight is 548 g/mol. The highest BCUT2D eigenvalue weighted by molar-refractivity contribution is 6.13. The summed E-state index contributed by atoms with van der Waals surface area (Å²) in [5.74, 6) is 1.08. The molecule has 3 aromatic rings. The number of hydrogen-bond acceptors (Lipinski definition) is 10. The topological polar surface area (TPSA) is 111 Å². The van der Waals surface area contributed by atoms with E-state index >= 15 is 0 Å². The quantitative estimate of drug-likeness (QED) is 0.184. The Morgan fingerprint density at radius 1 is 0.825 bits per heavy atom. The lowest BCUT2D eigenvalue weighted by Crippen LogP contribution is -2.10. The summed E-state index contributed by atoms with van der Waals surface area (Å²) in [6.07, 6.45) is 1.49. The van der Waals surface area contributed by atoms with Crippen molar-refractivity contribution in [2.45, 2.75) is 13.8 Å². The van der Waals surface area contributed by atoms with Crippen LogP contribution in [0.15, 0.2) is 65.3 Å². The van der Waals surface area contributed by atoms with Gasteiger partial charge in [0.25, 0.3) is 0 Å². The van der Waals surface area contributed by atoms with Crippen molar-refractivity contribution in [3.8, 4) is 34.5 Å². The minimum atomic E-state index is -0.666. The van der Waals surface area contributed by atoms with E-state index in [1.807, 2.05) is 13.8 Å². The van der Waals surface area contributed by atoms with E-state index < -0.39 is 11.9 Å². The molecule has 10 heteroatoms. The number of carbonyl (C=O) groups is 2. The molecule has 1 aliphatic rings. The molecule has 40 heavy (non-hydrogen) atoms. The Labute approximate surface area is 231 Å². The zero-order valence-electron chi connectivity index (χ0n) is 22.8. The number of ether oxygens (including phenoxy) is 7. The molecule has 0 bridgehead atoms. The molecule has 3 aromatic carbocycles. The van der Waals surface area contributed by atoms with Gasteiger partial charge in [0, 0.05) is 11.1 Å². The zero-order valence-corrected chi connectivity index (χ0v) is 22.8. The molecule has 0 aromatic heterocycles. The van der Waals surface area contributed by atoms with Gasteiger partial charge in [0.1, 0.15) is 5.75 Å². The molecule has 0 atom stereocenters. The Kier molecular flexibility index (Phi) is 8.90. The van der Waals surface area contributed by atoms with Crippen LogP contribution in [0.4, 0.5) is 0 Å². The number of para-hydroxylation sites is 1. The number of nitrogens with zero attached hydrogens (tertiary/aromatic N) is 1. The van der Waals surface area contributed by atoms with Crippen LogP contribution in [0.5, 0.6) is 34.5 Å². The Bertz CT molecular complexity index is 1450. The molecule has 0 N–H and O–H groups in total. The van der Waals surface area contributed by atoms with E-state index in [1.54, 1.807) is 42.5 Å². The number of cyclic esters (lactones) is 1. The third-order valence-electron chi connectivity index (χ3n) is 5.73. The molecule has 0 amide bonds. The maximum Gasteiger partial charge on any atom is 0.363 e. The van der Waals surface area contributed by atoms with Gasteiger partial charge < -0.3 is 33.2 Å². The monoisotopic (exact) mass is 547 g/mol. The predicted molar refractivity (Wildman–Crippen MR) is 147 cm³/mol. The third kappa shape index (κ3) is 6.01. The number of carbonyl (C=O) groups excluding carboxylic acids is 2. The van der Waals surface area contributed by atoms with Crippen LogP contribution in [0.25, 0.3) is 6.08 Å². The Hall–Kier alpha value is -4.99. The maximum absolute atomic E-state index is 13.1. The van der Waals surface area contributed by atoms with Crippen LogP contribution in [0.3, 0.4) is 0 Å². The molecule has 0 spiro atoms. The van der Waals surface area contributed by atoms with Gasteiger partial charge >= 0.3 is 11.9 Å². The van der Waals surface area contributed by atoms with Crippen LogP contribution in [0.1, 0.15) is 35.3 Å². The second-order valence-electron chi connectivity index (χ2n) is 8.20. The summed E-state index contributed by atoms with van der Waals surface area (Å²) >= 11 is 0. The number of rotatable bonds is 11. The molecule has 208 valence electrons. The first-order chi connectivity index (χ1) is 19.4. The van der Waals surface area contributed by atoms with Crippen LogP contribution < -0.4 is 28.4 Å². The summed E-state index contributed by atoms with van der Waals surface area (Å²) in [6, 6.07) is 14.9. The van der Waals surface area contributed by atoms with Crippen LogP contribution in [0, 0.1) is 0 Å². The van der Waals surface area contributed by atoms with Gasteiger partial charge in [0.15, 0.2) is 28.7 Å². The van der Waals surface area contributed by atoms with E-state index in [9.17, 15) is 9.59 Å². The molecule has 0 unspecified atom stereocenters. The molecule has 10 nitrogen and oxygen atoms in total. The van der Waals surface area contributed by atoms with Gasteiger partial charge in [-0.05, 0) is 56.3 Å². The SMILES string of the molecule is CCOc1ccc(C2=N/C(=C\c3ccccc3OC(=O)c3cc(OC)c(OC)c(OC)c3)C(=O)O2)cc1OCC. The standard InChI is InChI=1S/C30H29NO9/c1-6-37-23-13-12-19(15-24(23)38-7-2)28-31-21(30(33)40-28)14-18-10-8-9-11-22(18)39-29(32)20-16-25(34-3)27(36-5)26(17-20)35-4/h8-17H,6-7H2,1-5H3/b21-14-. The summed E-state index contributed by atoms with van der Waals surface area (Å²) in [4.78, 5) is 30.1. The van der Waals surface area contributed by atoms with Crippen molar-refractivity contribution in [3.05, 3.63) is 77.0 Å². The fourth-order valence-corrected chi connectivity index (χ4v) is 3.91. The number of methoxy groups -OCH3 is 3. The lowest BCUT2D eigenvalue weighted by molar-refractivity contribution is -0.129. The maximum atomic E-state index is 13.1. The van der Waals surface area contributed by atoms with Gasteiger partial charge in [-0.1, -0.05) is 18.2 Å². The number of benzene rings is 3. The molecule has 1 heterocycles. The summed E-state index contributed by atoms with van der Waals surface area (Å²) < 4.78 is 38.3. The van der Waals surface area contributed by atoms with Gasteiger partial charge in [-0.15, -0.1) is 0 Å². The minimum Gasteiger partial charge on any atom is -0.493 e. The lowest BCUT2D eigenvalue weighted by Gasteiger charge is -2.14. The van der Waals surface area contributed by atoms with Crippen molar-refractivity contribution in [3.63, 3.8) is 0 Å². The van der Waals surface area contributed by atoms with Crippen molar-refractivity contribution in [1.82, 2.24) is 0 Å². The first-order valence-corrected chi connectivity index (χ1v) is 12.5. The summed E-state index contributed by atoms with van der Waals surface area (Å²) in [6.45, 7) is 4.66. The first kappa shape index (κ1) is 28.0. The highest BCUT2D eigenvalue weighted by atomic mass is 16.6. The molecular formula is C30H29NO9. The second-order valence-corrected chi connectivity index (χ2v) is 8.20. The molecule has 4 rings (SSSR count). The predicted octanol–water partition coefficient (Wildman–Crippen LogP) is 5.07. The molecular weight excluding hydrogens is 518 g/mol. The molecule has 0 saturated carbocycles. The van der Waals surface area contributed by atoms with E-state index in [0.29, 0.717) is 53.1 Å². The van der Waals surface area contributed by atoms with E-state index in [4.69, 9.17) is 33.2 Å². The van der Waals surface area contributed by atoms with Gasteiger partial charge in [0.2, 0.25) is 11.6 Å². The van der Waals surface area contributed by atoms with Gasteiger partial charge in [-0.3, -0.25) is 0 Å². The average Bonchev–Trinajstić information content (AvgIpc) is 3.34. The Balaban J connectivity index is 1.62. The van der Waals surface area contributed by atoms with Crippen molar-refractivity contribution in [2.24, 2.45) is 4.99 Å². The van der Waals surface area contributed by atoms with Crippen LogP contribution >= 0.6 is 0 Å². The first-order valence-electron chi connectivity index (χ1n) is 12.5. The minimum absolute atomic E-state index is 0.0399. The number of hydrogen-bond donors (Lipinski definition) is 0. The van der Waals surface area contributed by atoms with E-state index in [0.717, 1.165) is 0 Å². The summed E-state index contributed by atoms with van der Waals surface area (Å²) in [5, 5.41) is 0. The van der Waals surface area contributed by atoms with Crippen LogP contribution in [-0.4, -0.2) is 52.4 Å². The lowest BCUT2D eigenvalue weighted by atomic mass is 10.1. The Morgan fingerprint density at radius 3 is 2.15 bits per heavy atom. The molecule has 1 aliphatic heterocycles. The van der Waals surface area contributed by atoms with Crippen molar-refractivity contribution >= 4 is 23.9 Å². The van der Waals surface area contributed by atoms with Crippen molar-refractivity contribution in [2.75, 3.05) is 34.5 Å². The van der Waals surface area contributed by atoms with Gasteiger partial charge in [-0.25, -0.2) is 14.6 Å². The van der Waals surface area contributed by atoms with Crippen molar-refractivity contribution in [1.29, 1.82) is 0 Å². The van der Waals surface area contributed by atoms with Crippen molar-refractivity contribution < 1.29 is 42.7 Å². The molecule has 0 fully saturated rings. The highest BCUT2D eigenvalue weighted by Crippen LogP contribution is 2.38. The smallest absolute Gasteiger partial charge is 0.363 e.